The fourth-order valence-electron chi connectivity index (χ4n) is 2.92. The third kappa shape index (κ3) is 4.58. The third-order valence-corrected chi connectivity index (χ3v) is 3.95. The van der Waals surface area contributed by atoms with Gasteiger partial charge in [0.2, 0.25) is 0 Å². The molecule has 0 heterocycles. The standard InChI is InChI=1S/C15H26O/c1-3-5-6-8-15(16)14-11-9-13(7-4-2)10-12-14/h1,13-16H,4-12H2,2H3. The summed E-state index contributed by atoms with van der Waals surface area (Å²) in [7, 11) is 0. The van der Waals surface area contributed by atoms with Gasteiger partial charge in [0.25, 0.3) is 0 Å². The Morgan fingerprint density at radius 3 is 2.56 bits per heavy atom. The molecular formula is C15H26O. The average Bonchev–Trinajstić information content (AvgIpc) is 2.30. The molecule has 1 saturated carbocycles. The Balaban J connectivity index is 2.17. The first-order valence-corrected chi connectivity index (χ1v) is 6.89. The van der Waals surface area contributed by atoms with Crippen molar-refractivity contribution in [3.63, 3.8) is 0 Å². The van der Waals surface area contributed by atoms with Crippen LogP contribution in [0.15, 0.2) is 0 Å². The lowest BCUT2D eigenvalue weighted by atomic mass is 9.77. The molecule has 0 bridgehead atoms. The molecule has 16 heavy (non-hydrogen) atoms. The molecule has 0 radical (unpaired) electrons. The second-order valence-corrected chi connectivity index (χ2v) is 5.23. The van der Waals surface area contributed by atoms with E-state index in [9.17, 15) is 5.11 Å². The Morgan fingerprint density at radius 1 is 1.31 bits per heavy atom. The van der Waals surface area contributed by atoms with E-state index in [2.05, 4.69) is 12.8 Å². The zero-order valence-corrected chi connectivity index (χ0v) is 10.6. The van der Waals surface area contributed by atoms with Crippen molar-refractivity contribution in [3.8, 4) is 12.3 Å². The molecule has 0 aromatic heterocycles. The summed E-state index contributed by atoms with van der Waals surface area (Å²) in [6, 6.07) is 0. The minimum atomic E-state index is -0.101. The fraction of sp³-hybridized carbons (Fsp3) is 0.867. The number of hydrogen-bond acceptors (Lipinski definition) is 1. The van der Waals surface area contributed by atoms with Crippen molar-refractivity contribution < 1.29 is 5.11 Å². The Kier molecular flexibility index (Phi) is 6.57. The number of aliphatic hydroxyl groups is 1. The molecule has 0 aliphatic heterocycles. The van der Waals surface area contributed by atoms with E-state index in [1.807, 2.05) is 0 Å². The van der Waals surface area contributed by atoms with Crippen molar-refractivity contribution in [1.29, 1.82) is 0 Å². The lowest BCUT2D eigenvalue weighted by Crippen LogP contribution is -2.25. The quantitative estimate of drug-likeness (QED) is 0.536. The van der Waals surface area contributed by atoms with Gasteiger partial charge in [0.1, 0.15) is 0 Å². The van der Waals surface area contributed by atoms with Crippen LogP contribution in [0.4, 0.5) is 0 Å². The highest BCUT2D eigenvalue weighted by Gasteiger charge is 2.25. The molecule has 0 aromatic rings. The number of aliphatic hydroxyl groups excluding tert-OH is 1. The summed E-state index contributed by atoms with van der Waals surface area (Å²) in [5.74, 6) is 4.12. The first-order chi connectivity index (χ1) is 7.77. The monoisotopic (exact) mass is 222 g/mol. The van der Waals surface area contributed by atoms with E-state index in [1.165, 1.54) is 38.5 Å². The summed E-state index contributed by atoms with van der Waals surface area (Å²) >= 11 is 0. The molecule has 0 spiro atoms. The number of hydrogen-bond donors (Lipinski definition) is 1. The largest absolute Gasteiger partial charge is 0.393 e. The second kappa shape index (κ2) is 7.74. The molecule has 1 fully saturated rings. The van der Waals surface area contributed by atoms with Crippen LogP contribution in [0.25, 0.3) is 0 Å². The maximum atomic E-state index is 10.0. The Bertz CT molecular complexity index is 208. The SMILES string of the molecule is C#CCCCC(O)C1CCC(CCC)CC1. The van der Waals surface area contributed by atoms with Crippen LogP contribution in [0.5, 0.6) is 0 Å². The van der Waals surface area contributed by atoms with Crippen LogP contribution >= 0.6 is 0 Å². The molecule has 0 aromatic carbocycles. The van der Waals surface area contributed by atoms with E-state index in [1.54, 1.807) is 0 Å². The van der Waals surface area contributed by atoms with Gasteiger partial charge in [-0.2, -0.15) is 0 Å². The molecule has 1 heteroatoms. The maximum Gasteiger partial charge on any atom is 0.0568 e. The van der Waals surface area contributed by atoms with E-state index in [4.69, 9.17) is 6.42 Å². The van der Waals surface area contributed by atoms with Crippen molar-refractivity contribution in [1.82, 2.24) is 0 Å². The fourth-order valence-corrected chi connectivity index (χ4v) is 2.92. The predicted octanol–water partition coefficient (Wildman–Crippen LogP) is 3.76. The Hall–Kier alpha value is -0.480. The normalized spacial score (nSPS) is 27.3. The first kappa shape index (κ1) is 13.6. The van der Waals surface area contributed by atoms with E-state index in [0.29, 0.717) is 5.92 Å². The summed E-state index contributed by atoms with van der Waals surface area (Å²) in [5.41, 5.74) is 0. The lowest BCUT2D eigenvalue weighted by molar-refractivity contribution is 0.0645. The summed E-state index contributed by atoms with van der Waals surface area (Å²) in [6.07, 6.45) is 15.6. The van der Waals surface area contributed by atoms with Crippen LogP contribution in [0, 0.1) is 24.2 Å². The van der Waals surface area contributed by atoms with Gasteiger partial charge in [0.15, 0.2) is 0 Å². The molecule has 1 unspecified atom stereocenters. The molecule has 0 saturated heterocycles. The topological polar surface area (TPSA) is 20.2 Å². The first-order valence-electron chi connectivity index (χ1n) is 6.89. The summed E-state index contributed by atoms with van der Waals surface area (Å²) in [5, 5.41) is 10.0. The highest BCUT2D eigenvalue weighted by atomic mass is 16.3. The van der Waals surface area contributed by atoms with Gasteiger partial charge in [-0.05, 0) is 37.5 Å². The summed E-state index contributed by atoms with van der Waals surface area (Å²) < 4.78 is 0. The van der Waals surface area contributed by atoms with Crippen molar-refractivity contribution in [3.05, 3.63) is 0 Å². The molecular weight excluding hydrogens is 196 g/mol. The molecule has 1 aliphatic rings. The molecule has 92 valence electrons. The summed E-state index contributed by atoms with van der Waals surface area (Å²) in [6.45, 7) is 2.26. The van der Waals surface area contributed by atoms with Gasteiger partial charge in [-0.25, -0.2) is 0 Å². The van der Waals surface area contributed by atoms with Crippen LogP contribution in [-0.2, 0) is 0 Å². The number of unbranched alkanes of at least 4 members (excludes halogenated alkanes) is 1. The molecule has 0 amide bonds. The van der Waals surface area contributed by atoms with Crippen molar-refractivity contribution in [2.75, 3.05) is 0 Å². The van der Waals surface area contributed by atoms with Gasteiger partial charge in [-0.15, -0.1) is 12.3 Å². The van der Waals surface area contributed by atoms with E-state index < -0.39 is 0 Å². The molecule has 1 rings (SSSR count). The molecule has 1 aliphatic carbocycles. The Morgan fingerprint density at radius 2 is 2.00 bits per heavy atom. The van der Waals surface area contributed by atoms with Crippen molar-refractivity contribution >= 4 is 0 Å². The van der Waals surface area contributed by atoms with Crippen LogP contribution < -0.4 is 0 Å². The van der Waals surface area contributed by atoms with Gasteiger partial charge in [-0.1, -0.05) is 32.6 Å². The van der Waals surface area contributed by atoms with Crippen LogP contribution in [0.2, 0.25) is 0 Å². The highest BCUT2D eigenvalue weighted by molar-refractivity contribution is 4.84. The minimum Gasteiger partial charge on any atom is -0.393 e. The van der Waals surface area contributed by atoms with Gasteiger partial charge >= 0.3 is 0 Å². The predicted molar refractivity (Wildman–Crippen MR) is 69.0 cm³/mol. The smallest absolute Gasteiger partial charge is 0.0568 e. The average molecular weight is 222 g/mol. The highest BCUT2D eigenvalue weighted by Crippen LogP contribution is 2.34. The lowest BCUT2D eigenvalue weighted by Gasteiger charge is -2.31. The summed E-state index contributed by atoms with van der Waals surface area (Å²) in [4.78, 5) is 0. The van der Waals surface area contributed by atoms with E-state index in [0.717, 1.165) is 25.2 Å². The number of rotatable bonds is 6. The van der Waals surface area contributed by atoms with Crippen LogP contribution in [-0.4, -0.2) is 11.2 Å². The number of terminal acetylenes is 1. The zero-order valence-electron chi connectivity index (χ0n) is 10.6. The Labute approximate surface area is 101 Å². The van der Waals surface area contributed by atoms with E-state index >= 15 is 0 Å². The van der Waals surface area contributed by atoms with Crippen LogP contribution in [0.1, 0.15) is 64.7 Å². The molecule has 1 atom stereocenters. The van der Waals surface area contributed by atoms with Gasteiger partial charge < -0.3 is 5.11 Å². The van der Waals surface area contributed by atoms with Gasteiger partial charge in [0, 0.05) is 6.42 Å². The maximum absolute atomic E-state index is 10.0. The second-order valence-electron chi connectivity index (χ2n) is 5.23. The molecule has 1 nitrogen and oxygen atoms in total. The van der Waals surface area contributed by atoms with Gasteiger partial charge in [-0.3, -0.25) is 0 Å². The molecule has 1 N–H and O–H groups in total. The third-order valence-electron chi connectivity index (χ3n) is 3.95. The van der Waals surface area contributed by atoms with Crippen molar-refractivity contribution in [2.24, 2.45) is 11.8 Å². The van der Waals surface area contributed by atoms with Gasteiger partial charge in [0.05, 0.1) is 6.10 Å². The van der Waals surface area contributed by atoms with Crippen LogP contribution in [0.3, 0.4) is 0 Å². The van der Waals surface area contributed by atoms with Crippen molar-refractivity contribution in [2.45, 2.75) is 70.8 Å². The zero-order chi connectivity index (χ0) is 11.8. The minimum absolute atomic E-state index is 0.101. The van der Waals surface area contributed by atoms with E-state index in [-0.39, 0.29) is 6.10 Å².